The molecule has 2 aromatic rings. The van der Waals surface area contributed by atoms with Crippen molar-refractivity contribution in [3.63, 3.8) is 0 Å². The van der Waals surface area contributed by atoms with Gasteiger partial charge in [-0.1, -0.05) is 6.07 Å². The van der Waals surface area contributed by atoms with E-state index in [1.807, 2.05) is 26.0 Å². The van der Waals surface area contributed by atoms with Crippen molar-refractivity contribution in [3.8, 4) is 17.2 Å². The van der Waals surface area contributed by atoms with Gasteiger partial charge in [-0.15, -0.1) is 0 Å². The summed E-state index contributed by atoms with van der Waals surface area (Å²) in [5.41, 5.74) is 2.73. The van der Waals surface area contributed by atoms with Gasteiger partial charge in [-0.2, -0.15) is 0 Å². The van der Waals surface area contributed by atoms with Crippen LogP contribution < -0.4 is 19.5 Å². The lowest BCUT2D eigenvalue weighted by atomic mass is 10.1. The molecule has 0 aliphatic carbocycles. The Hall–Kier alpha value is -3.22. The minimum atomic E-state index is -0.966. The van der Waals surface area contributed by atoms with E-state index >= 15 is 0 Å². The number of nitrogens with one attached hydrogen (secondary N) is 1. The third-order valence-electron chi connectivity index (χ3n) is 4.15. The SMILES string of the molecule is Cc1ccc(OCC(=O)O[C@H](C)C(=O)Nc2ccc3c(c2)OCO3)cc1C. The molecule has 0 fully saturated rings. The van der Waals surface area contributed by atoms with Crippen molar-refractivity contribution >= 4 is 17.6 Å². The summed E-state index contributed by atoms with van der Waals surface area (Å²) in [6.45, 7) is 5.33. The van der Waals surface area contributed by atoms with Gasteiger partial charge >= 0.3 is 5.97 Å². The van der Waals surface area contributed by atoms with Crippen molar-refractivity contribution in [3.05, 3.63) is 47.5 Å². The zero-order valence-electron chi connectivity index (χ0n) is 15.4. The van der Waals surface area contributed by atoms with Crippen molar-refractivity contribution in [2.45, 2.75) is 26.9 Å². The third kappa shape index (κ3) is 4.69. The largest absolute Gasteiger partial charge is 0.482 e. The number of hydrogen-bond donors (Lipinski definition) is 1. The molecule has 0 unspecified atom stereocenters. The molecule has 1 N–H and O–H groups in total. The van der Waals surface area contributed by atoms with E-state index in [1.165, 1.54) is 6.92 Å². The van der Waals surface area contributed by atoms with Crippen LogP contribution >= 0.6 is 0 Å². The zero-order chi connectivity index (χ0) is 19.4. The van der Waals surface area contributed by atoms with Crippen molar-refractivity contribution in [2.24, 2.45) is 0 Å². The summed E-state index contributed by atoms with van der Waals surface area (Å²) < 4.78 is 21.0. The van der Waals surface area contributed by atoms with Crippen molar-refractivity contribution in [1.82, 2.24) is 0 Å². The molecule has 0 saturated heterocycles. The predicted octanol–water partition coefficient (Wildman–Crippen LogP) is 2.98. The second-order valence-electron chi connectivity index (χ2n) is 6.22. The fourth-order valence-electron chi connectivity index (χ4n) is 2.45. The van der Waals surface area contributed by atoms with E-state index in [0.29, 0.717) is 22.9 Å². The molecule has 1 aliphatic heterocycles. The first-order chi connectivity index (χ1) is 12.9. The number of hydrogen-bond acceptors (Lipinski definition) is 6. The molecule has 1 heterocycles. The van der Waals surface area contributed by atoms with Crippen LogP contribution in [0.15, 0.2) is 36.4 Å². The van der Waals surface area contributed by atoms with Crippen LogP contribution in [0.2, 0.25) is 0 Å². The van der Waals surface area contributed by atoms with Crippen molar-refractivity contribution in [2.75, 3.05) is 18.7 Å². The lowest BCUT2D eigenvalue weighted by molar-refractivity contribution is -0.155. The summed E-state index contributed by atoms with van der Waals surface area (Å²) in [5, 5.41) is 2.67. The number of ether oxygens (including phenoxy) is 4. The molecule has 7 heteroatoms. The minimum Gasteiger partial charge on any atom is -0.482 e. The summed E-state index contributed by atoms with van der Waals surface area (Å²) >= 11 is 0. The van der Waals surface area contributed by atoms with Gasteiger partial charge in [0.2, 0.25) is 6.79 Å². The number of anilines is 1. The van der Waals surface area contributed by atoms with Gasteiger partial charge in [-0.3, -0.25) is 4.79 Å². The molecule has 0 spiro atoms. The number of fused-ring (bicyclic) bond motifs is 1. The van der Waals surface area contributed by atoms with Crippen LogP contribution in [0.5, 0.6) is 17.2 Å². The molecular formula is C20H21NO6. The number of carbonyl (C=O) groups excluding carboxylic acids is 2. The van der Waals surface area contributed by atoms with Crippen LogP contribution in [0.4, 0.5) is 5.69 Å². The van der Waals surface area contributed by atoms with Gasteiger partial charge in [0.25, 0.3) is 5.91 Å². The Bertz CT molecular complexity index is 864. The highest BCUT2D eigenvalue weighted by atomic mass is 16.7. The monoisotopic (exact) mass is 371 g/mol. The summed E-state index contributed by atoms with van der Waals surface area (Å²) in [7, 11) is 0. The first-order valence-electron chi connectivity index (χ1n) is 8.52. The van der Waals surface area contributed by atoms with Gasteiger partial charge in [0.15, 0.2) is 24.2 Å². The van der Waals surface area contributed by atoms with E-state index in [-0.39, 0.29) is 13.4 Å². The number of carbonyl (C=O) groups is 2. The maximum absolute atomic E-state index is 12.2. The maximum atomic E-state index is 12.2. The highest BCUT2D eigenvalue weighted by molar-refractivity contribution is 5.95. The lowest BCUT2D eigenvalue weighted by Gasteiger charge is -2.14. The number of esters is 1. The van der Waals surface area contributed by atoms with Crippen LogP contribution in [0.1, 0.15) is 18.1 Å². The van der Waals surface area contributed by atoms with E-state index in [9.17, 15) is 9.59 Å². The Kier molecular flexibility index (Phi) is 5.49. The van der Waals surface area contributed by atoms with Crippen LogP contribution in [0, 0.1) is 13.8 Å². The molecule has 1 aliphatic rings. The number of aryl methyl sites for hydroxylation is 2. The molecule has 1 atom stereocenters. The molecule has 142 valence electrons. The van der Waals surface area contributed by atoms with Crippen molar-refractivity contribution < 1.29 is 28.5 Å². The van der Waals surface area contributed by atoms with Crippen LogP contribution in [0.25, 0.3) is 0 Å². The quantitative estimate of drug-likeness (QED) is 0.786. The predicted molar refractivity (Wildman–Crippen MR) is 98.2 cm³/mol. The molecule has 0 aromatic heterocycles. The molecule has 27 heavy (non-hydrogen) atoms. The molecular weight excluding hydrogens is 350 g/mol. The number of benzene rings is 2. The molecule has 3 rings (SSSR count). The van der Waals surface area contributed by atoms with Gasteiger partial charge in [0, 0.05) is 11.8 Å². The summed E-state index contributed by atoms with van der Waals surface area (Å²) in [6.07, 6.45) is -0.966. The lowest BCUT2D eigenvalue weighted by Crippen LogP contribution is -2.31. The standard InChI is InChI=1S/C20H21NO6/c1-12-4-6-16(8-13(12)2)24-10-19(22)27-14(3)20(23)21-15-5-7-17-18(9-15)26-11-25-17/h4-9,14H,10-11H2,1-3H3,(H,21,23)/t14-/m1/s1. The normalized spacial score (nSPS) is 13.0. The molecule has 0 radical (unpaired) electrons. The Morgan fingerprint density at radius 2 is 1.85 bits per heavy atom. The van der Waals surface area contributed by atoms with Crippen LogP contribution in [-0.2, 0) is 14.3 Å². The Balaban J connectivity index is 1.48. The second-order valence-corrected chi connectivity index (χ2v) is 6.22. The average molecular weight is 371 g/mol. The minimum absolute atomic E-state index is 0.154. The Morgan fingerprint density at radius 1 is 1.07 bits per heavy atom. The van der Waals surface area contributed by atoms with Gasteiger partial charge in [0.1, 0.15) is 5.75 Å². The molecule has 1 amide bonds. The van der Waals surface area contributed by atoms with Crippen molar-refractivity contribution in [1.29, 1.82) is 0 Å². The average Bonchev–Trinajstić information content (AvgIpc) is 3.10. The maximum Gasteiger partial charge on any atom is 0.344 e. The van der Waals surface area contributed by atoms with Gasteiger partial charge < -0.3 is 24.3 Å². The first-order valence-corrected chi connectivity index (χ1v) is 8.52. The fraction of sp³-hybridized carbons (Fsp3) is 0.300. The summed E-state index contributed by atoms with van der Waals surface area (Å²) in [4.78, 5) is 24.1. The number of rotatable bonds is 6. The fourth-order valence-corrected chi connectivity index (χ4v) is 2.45. The zero-order valence-corrected chi connectivity index (χ0v) is 15.4. The Labute approximate surface area is 157 Å². The molecule has 2 aromatic carbocycles. The van der Waals surface area contributed by atoms with E-state index in [0.717, 1.165) is 11.1 Å². The topological polar surface area (TPSA) is 83.1 Å². The van der Waals surface area contributed by atoms with Gasteiger partial charge in [-0.05, 0) is 56.2 Å². The van der Waals surface area contributed by atoms with Crippen LogP contribution in [0.3, 0.4) is 0 Å². The van der Waals surface area contributed by atoms with E-state index in [4.69, 9.17) is 18.9 Å². The van der Waals surface area contributed by atoms with Crippen LogP contribution in [-0.4, -0.2) is 31.4 Å². The van der Waals surface area contributed by atoms with Gasteiger partial charge in [0.05, 0.1) is 0 Å². The van der Waals surface area contributed by atoms with Gasteiger partial charge in [-0.25, -0.2) is 4.79 Å². The summed E-state index contributed by atoms with van der Waals surface area (Å²) in [5.74, 6) is 0.678. The molecule has 0 bridgehead atoms. The molecule has 7 nitrogen and oxygen atoms in total. The summed E-state index contributed by atoms with van der Waals surface area (Å²) in [6, 6.07) is 10.6. The highest BCUT2D eigenvalue weighted by Crippen LogP contribution is 2.34. The molecule has 0 saturated carbocycles. The number of amides is 1. The second kappa shape index (κ2) is 7.99. The van der Waals surface area contributed by atoms with E-state index in [2.05, 4.69) is 5.32 Å². The highest BCUT2D eigenvalue weighted by Gasteiger charge is 2.20. The third-order valence-corrected chi connectivity index (χ3v) is 4.15. The first kappa shape index (κ1) is 18.6. The van der Waals surface area contributed by atoms with E-state index in [1.54, 1.807) is 24.3 Å². The smallest absolute Gasteiger partial charge is 0.344 e. The van der Waals surface area contributed by atoms with E-state index < -0.39 is 18.0 Å². The Morgan fingerprint density at radius 3 is 2.63 bits per heavy atom.